The van der Waals surface area contributed by atoms with Gasteiger partial charge in [-0.3, -0.25) is 9.69 Å². The van der Waals surface area contributed by atoms with E-state index in [1.807, 2.05) is 25.2 Å². The van der Waals surface area contributed by atoms with Crippen molar-refractivity contribution in [1.29, 1.82) is 0 Å². The van der Waals surface area contributed by atoms with Crippen molar-refractivity contribution in [3.63, 3.8) is 0 Å². The number of hydrogen-bond donors (Lipinski definition) is 0. The van der Waals surface area contributed by atoms with Gasteiger partial charge in [0, 0.05) is 24.0 Å². The Morgan fingerprint density at radius 2 is 2.33 bits per heavy atom. The van der Waals surface area contributed by atoms with Crippen molar-refractivity contribution >= 4 is 17.3 Å². The first-order valence-corrected chi connectivity index (χ1v) is 7.22. The van der Waals surface area contributed by atoms with Crippen LogP contribution in [0.2, 0.25) is 0 Å². The third kappa shape index (κ3) is 2.45. The van der Waals surface area contributed by atoms with Crippen molar-refractivity contribution in [3.8, 4) is 0 Å². The number of carbonyl (C=O) groups excluding carboxylic acids is 1. The van der Waals surface area contributed by atoms with Gasteiger partial charge in [0.1, 0.15) is 0 Å². The minimum absolute atomic E-state index is 0.134. The van der Waals surface area contributed by atoms with Crippen LogP contribution in [0, 0.1) is 5.41 Å². The lowest BCUT2D eigenvalue weighted by Gasteiger charge is -2.37. The number of rotatable bonds is 3. The first kappa shape index (κ1) is 13.6. The molecule has 0 spiro atoms. The van der Waals surface area contributed by atoms with Crippen LogP contribution in [-0.2, 0) is 16.0 Å². The normalized spacial score (nSPS) is 20.6. The highest BCUT2D eigenvalue weighted by Gasteiger charge is 2.34. The average Bonchev–Trinajstić information content (AvgIpc) is 2.80. The van der Waals surface area contributed by atoms with E-state index in [-0.39, 0.29) is 5.97 Å². The molecule has 0 N–H and O–H groups in total. The maximum absolute atomic E-state index is 11.8. The van der Waals surface area contributed by atoms with Gasteiger partial charge in [0.05, 0.1) is 12.5 Å². The van der Waals surface area contributed by atoms with Gasteiger partial charge in [0.25, 0.3) is 0 Å². The molecule has 1 aromatic rings. The summed E-state index contributed by atoms with van der Waals surface area (Å²) >= 11 is 1.84. The van der Waals surface area contributed by atoms with E-state index in [4.69, 9.17) is 4.74 Å². The molecule has 0 bridgehead atoms. The topological polar surface area (TPSA) is 29.5 Å². The predicted molar refractivity (Wildman–Crippen MR) is 73.8 cm³/mol. The van der Waals surface area contributed by atoms with E-state index in [0.717, 1.165) is 19.5 Å². The van der Waals surface area contributed by atoms with Gasteiger partial charge in [-0.15, -0.1) is 11.3 Å². The molecule has 0 fully saturated rings. The van der Waals surface area contributed by atoms with Crippen LogP contribution >= 0.6 is 11.3 Å². The standard InChI is InChI=1S/C14H21NO2S/c1-10-11-6-8-18-12(11)5-7-15(10)9-14(2,3)13(16)17-4/h6,8,10H,5,7,9H2,1-4H3. The molecule has 1 aromatic heterocycles. The van der Waals surface area contributed by atoms with Crippen LogP contribution in [-0.4, -0.2) is 31.1 Å². The zero-order valence-corrected chi connectivity index (χ0v) is 12.3. The zero-order valence-electron chi connectivity index (χ0n) is 11.5. The minimum Gasteiger partial charge on any atom is -0.469 e. The van der Waals surface area contributed by atoms with E-state index in [2.05, 4.69) is 23.3 Å². The lowest BCUT2D eigenvalue weighted by Crippen LogP contribution is -2.43. The number of methoxy groups -OCH3 is 1. The van der Waals surface area contributed by atoms with Crippen molar-refractivity contribution in [3.05, 3.63) is 21.9 Å². The van der Waals surface area contributed by atoms with E-state index < -0.39 is 5.41 Å². The Labute approximate surface area is 113 Å². The predicted octanol–water partition coefficient (Wildman–Crippen LogP) is 2.87. The molecule has 2 heterocycles. The quantitative estimate of drug-likeness (QED) is 0.789. The molecule has 1 unspecified atom stereocenters. The number of esters is 1. The summed E-state index contributed by atoms with van der Waals surface area (Å²) in [5.41, 5.74) is 0.975. The second kappa shape index (κ2) is 5.02. The van der Waals surface area contributed by atoms with E-state index in [9.17, 15) is 4.79 Å². The van der Waals surface area contributed by atoms with Crippen LogP contribution in [0.4, 0.5) is 0 Å². The van der Waals surface area contributed by atoms with Crippen molar-refractivity contribution in [2.24, 2.45) is 5.41 Å². The van der Waals surface area contributed by atoms with Crippen molar-refractivity contribution in [2.45, 2.75) is 33.2 Å². The van der Waals surface area contributed by atoms with Crippen LogP contribution in [0.15, 0.2) is 11.4 Å². The van der Waals surface area contributed by atoms with Gasteiger partial charge in [-0.25, -0.2) is 0 Å². The van der Waals surface area contributed by atoms with Gasteiger partial charge in [-0.05, 0) is 44.2 Å². The Balaban J connectivity index is 2.10. The number of ether oxygens (including phenoxy) is 1. The molecular weight excluding hydrogens is 246 g/mol. The third-order valence-corrected chi connectivity index (χ3v) is 4.74. The van der Waals surface area contributed by atoms with Gasteiger partial charge in [-0.1, -0.05) is 0 Å². The van der Waals surface area contributed by atoms with Crippen LogP contribution in [0.25, 0.3) is 0 Å². The monoisotopic (exact) mass is 267 g/mol. The Hall–Kier alpha value is -0.870. The van der Waals surface area contributed by atoms with Crippen molar-refractivity contribution < 1.29 is 9.53 Å². The summed E-state index contributed by atoms with van der Waals surface area (Å²) < 4.78 is 4.88. The minimum atomic E-state index is -0.448. The highest BCUT2D eigenvalue weighted by molar-refractivity contribution is 7.10. The second-order valence-corrected chi connectivity index (χ2v) is 6.57. The van der Waals surface area contributed by atoms with Crippen LogP contribution < -0.4 is 0 Å². The molecule has 4 heteroatoms. The molecule has 100 valence electrons. The summed E-state index contributed by atoms with van der Waals surface area (Å²) in [5.74, 6) is -0.134. The van der Waals surface area contributed by atoms with Crippen molar-refractivity contribution in [2.75, 3.05) is 20.2 Å². The highest BCUT2D eigenvalue weighted by Crippen LogP contribution is 2.34. The molecule has 0 aliphatic carbocycles. The molecule has 1 atom stereocenters. The molecule has 3 nitrogen and oxygen atoms in total. The molecule has 2 rings (SSSR count). The van der Waals surface area contributed by atoms with E-state index in [1.54, 1.807) is 0 Å². The first-order chi connectivity index (χ1) is 8.45. The van der Waals surface area contributed by atoms with Crippen LogP contribution in [0.1, 0.15) is 37.3 Å². The molecular formula is C14H21NO2S. The number of hydrogen-bond acceptors (Lipinski definition) is 4. The molecule has 0 amide bonds. The van der Waals surface area contributed by atoms with Crippen LogP contribution in [0.5, 0.6) is 0 Å². The number of nitrogens with zero attached hydrogens (tertiary/aromatic N) is 1. The Morgan fingerprint density at radius 3 is 3.00 bits per heavy atom. The number of fused-ring (bicyclic) bond motifs is 1. The van der Waals surface area contributed by atoms with Crippen molar-refractivity contribution in [1.82, 2.24) is 4.90 Å². The SMILES string of the molecule is COC(=O)C(C)(C)CN1CCc2sccc2C1C. The van der Waals surface area contributed by atoms with Gasteiger partial charge in [0.2, 0.25) is 0 Å². The summed E-state index contributed by atoms with van der Waals surface area (Å²) in [6, 6.07) is 2.60. The molecule has 1 aliphatic rings. The highest BCUT2D eigenvalue weighted by atomic mass is 32.1. The lowest BCUT2D eigenvalue weighted by molar-refractivity contribution is -0.152. The molecule has 0 saturated carbocycles. The third-order valence-electron chi connectivity index (χ3n) is 3.74. The Morgan fingerprint density at radius 1 is 1.61 bits per heavy atom. The molecule has 0 radical (unpaired) electrons. The fourth-order valence-corrected chi connectivity index (χ4v) is 3.59. The average molecular weight is 267 g/mol. The largest absolute Gasteiger partial charge is 0.469 e. The summed E-state index contributed by atoms with van der Waals surface area (Å²) in [6.07, 6.45) is 1.09. The smallest absolute Gasteiger partial charge is 0.312 e. The Bertz CT molecular complexity index is 439. The van der Waals surface area contributed by atoms with Gasteiger partial charge in [0.15, 0.2) is 0 Å². The summed E-state index contributed by atoms with van der Waals surface area (Å²) in [6.45, 7) is 7.90. The zero-order chi connectivity index (χ0) is 13.3. The second-order valence-electron chi connectivity index (χ2n) is 5.57. The molecule has 18 heavy (non-hydrogen) atoms. The first-order valence-electron chi connectivity index (χ1n) is 6.34. The maximum atomic E-state index is 11.8. The fraction of sp³-hybridized carbons (Fsp3) is 0.643. The molecule has 0 saturated heterocycles. The van der Waals surface area contributed by atoms with Gasteiger partial charge in [-0.2, -0.15) is 0 Å². The fourth-order valence-electron chi connectivity index (χ4n) is 2.63. The Kier molecular flexibility index (Phi) is 3.78. The molecule has 1 aliphatic heterocycles. The summed E-state index contributed by atoms with van der Waals surface area (Å²) in [5, 5.41) is 2.16. The number of thiophene rings is 1. The summed E-state index contributed by atoms with van der Waals surface area (Å²) in [4.78, 5) is 15.6. The lowest BCUT2D eigenvalue weighted by atomic mass is 9.90. The number of carbonyl (C=O) groups is 1. The van der Waals surface area contributed by atoms with E-state index in [0.29, 0.717) is 6.04 Å². The van der Waals surface area contributed by atoms with Crippen LogP contribution in [0.3, 0.4) is 0 Å². The van der Waals surface area contributed by atoms with Gasteiger partial charge >= 0.3 is 5.97 Å². The maximum Gasteiger partial charge on any atom is 0.312 e. The van der Waals surface area contributed by atoms with Gasteiger partial charge < -0.3 is 4.74 Å². The van der Waals surface area contributed by atoms with E-state index >= 15 is 0 Å². The van der Waals surface area contributed by atoms with E-state index in [1.165, 1.54) is 17.6 Å². The molecule has 0 aromatic carbocycles. The summed E-state index contributed by atoms with van der Waals surface area (Å²) in [7, 11) is 1.46.